The van der Waals surface area contributed by atoms with Crippen LogP contribution in [0.4, 0.5) is 0 Å². The summed E-state index contributed by atoms with van der Waals surface area (Å²) in [5.41, 5.74) is 5.85. The molecule has 2 N–H and O–H groups in total. The van der Waals surface area contributed by atoms with E-state index < -0.39 is 6.10 Å². The molecule has 0 saturated carbocycles. The summed E-state index contributed by atoms with van der Waals surface area (Å²) in [6.45, 7) is 6.07. The van der Waals surface area contributed by atoms with Crippen molar-refractivity contribution in [2.75, 3.05) is 13.2 Å². The Hall–Kier alpha value is -2.71. The van der Waals surface area contributed by atoms with Crippen molar-refractivity contribution in [3.8, 4) is 11.3 Å². The lowest BCUT2D eigenvalue weighted by Crippen LogP contribution is -2.33. The van der Waals surface area contributed by atoms with Gasteiger partial charge in [0.2, 0.25) is 5.91 Å². The smallest absolute Gasteiger partial charge is 0.217 e. The van der Waals surface area contributed by atoms with E-state index in [4.69, 9.17) is 30.8 Å². The molecular weight excluding hydrogens is 492 g/mol. The number of amides is 1. The molecule has 3 unspecified atom stereocenters. The van der Waals surface area contributed by atoms with Gasteiger partial charge in [-0.15, -0.1) is 0 Å². The van der Waals surface area contributed by atoms with E-state index in [0.29, 0.717) is 23.1 Å². The van der Waals surface area contributed by atoms with Crippen LogP contribution in [0, 0.1) is 6.92 Å². The van der Waals surface area contributed by atoms with Crippen LogP contribution in [-0.4, -0.2) is 59.7 Å². The van der Waals surface area contributed by atoms with Crippen LogP contribution in [-0.2, 0) is 19.0 Å². The second-order valence-corrected chi connectivity index (χ2v) is 10.5. The van der Waals surface area contributed by atoms with E-state index in [9.17, 15) is 9.90 Å². The molecule has 0 spiro atoms. The first-order chi connectivity index (χ1) is 17.8. The summed E-state index contributed by atoms with van der Waals surface area (Å²) in [7, 11) is 0. The van der Waals surface area contributed by atoms with E-state index >= 15 is 0 Å². The lowest BCUT2D eigenvalue weighted by Gasteiger charge is -2.22. The molecule has 2 aromatic rings. The Morgan fingerprint density at radius 2 is 1.89 bits per heavy atom. The first kappa shape index (κ1) is 25.9. The third-order valence-corrected chi connectivity index (χ3v) is 7.50. The van der Waals surface area contributed by atoms with Crippen molar-refractivity contribution in [2.45, 2.75) is 70.5 Å². The number of nitrogens with one attached hydrogen (secondary N) is 1. The van der Waals surface area contributed by atoms with Crippen LogP contribution in [0.1, 0.15) is 49.9 Å². The number of allylic oxidation sites excluding steroid dienone is 2. The zero-order chi connectivity index (χ0) is 26.1. The fourth-order valence-electron chi connectivity index (χ4n) is 5.31. The van der Waals surface area contributed by atoms with Gasteiger partial charge in [0, 0.05) is 24.6 Å². The Morgan fingerprint density at radius 3 is 2.59 bits per heavy atom. The summed E-state index contributed by atoms with van der Waals surface area (Å²) in [5.74, 6) is 0.716. The number of aromatic nitrogens is 1. The highest BCUT2D eigenvalue weighted by Crippen LogP contribution is 2.33. The molecule has 3 heterocycles. The molecule has 0 radical (unpaired) electrons. The maximum atomic E-state index is 11.3. The second kappa shape index (κ2) is 11.0. The Labute approximate surface area is 222 Å². The Morgan fingerprint density at radius 1 is 1.16 bits per heavy atom. The van der Waals surface area contributed by atoms with Crippen molar-refractivity contribution in [3.05, 3.63) is 64.0 Å². The topological polar surface area (TPSA) is 89.9 Å². The zero-order valence-electron chi connectivity index (χ0n) is 21.4. The molecule has 1 aromatic carbocycles. The predicted molar refractivity (Wildman–Crippen MR) is 143 cm³/mol. The number of aliphatic hydroxyl groups is 1. The van der Waals surface area contributed by atoms with Gasteiger partial charge in [-0.2, -0.15) is 0 Å². The SMILES string of the molecule is CC(=O)NC1CC=C(c2ccc(-c3nc(/C=C(\C)O[C@@H]4COC5C4OC[C@H]5O)c(C)cc3Cl)cc2)CC1. The quantitative estimate of drug-likeness (QED) is 0.533. The fourth-order valence-corrected chi connectivity index (χ4v) is 5.63. The predicted octanol–water partition coefficient (Wildman–Crippen LogP) is 4.69. The van der Waals surface area contributed by atoms with Gasteiger partial charge in [0.1, 0.15) is 18.3 Å². The molecule has 5 atom stereocenters. The van der Waals surface area contributed by atoms with Crippen LogP contribution >= 0.6 is 11.6 Å². The number of carbonyl (C=O) groups excluding carboxylic acids is 1. The van der Waals surface area contributed by atoms with Crippen molar-refractivity contribution in [1.82, 2.24) is 10.3 Å². The molecule has 5 rings (SSSR count). The molecule has 7 nitrogen and oxygen atoms in total. The molecular formula is C29H33ClN2O5. The molecule has 3 aliphatic rings. The Bertz CT molecular complexity index is 1230. The normalized spacial score (nSPS) is 27.5. The number of rotatable bonds is 6. The summed E-state index contributed by atoms with van der Waals surface area (Å²) in [4.78, 5) is 16.2. The van der Waals surface area contributed by atoms with Gasteiger partial charge in [0.25, 0.3) is 0 Å². The summed E-state index contributed by atoms with van der Waals surface area (Å²) in [5, 5.41) is 13.6. The van der Waals surface area contributed by atoms with E-state index in [1.165, 1.54) is 11.1 Å². The van der Waals surface area contributed by atoms with Crippen LogP contribution in [0.2, 0.25) is 5.02 Å². The largest absolute Gasteiger partial charge is 0.490 e. The number of ether oxygens (including phenoxy) is 3. The molecule has 1 amide bonds. The number of hydrogen-bond donors (Lipinski definition) is 2. The number of aryl methyl sites for hydroxylation is 1. The molecule has 2 saturated heterocycles. The minimum absolute atomic E-state index is 0.0218. The number of aliphatic hydroxyl groups excluding tert-OH is 1. The van der Waals surface area contributed by atoms with E-state index in [-0.39, 0.29) is 36.9 Å². The summed E-state index contributed by atoms with van der Waals surface area (Å²) >= 11 is 6.61. The van der Waals surface area contributed by atoms with Gasteiger partial charge in [-0.25, -0.2) is 4.98 Å². The number of pyridine rings is 1. The van der Waals surface area contributed by atoms with E-state index in [2.05, 4.69) is 35.7 Å². The standard InChI is InChI=1S/C29H33ClN2O5/c1-16-12-23(30)27(21-6-4-19(5-7-21)20-8-10-22(11-9-20)31-18(3)33)32-24(16)13-17(2)37-26-15-36-28-25(34)14-35-29(26)28/h4-8,12-13,22,25-26,28-29,34H,9-11,14-15H2,1-3H3,(H,31,33)/b17-13+/t22?,25-,26-,28?,29?/m1/s1. The third kappa shape index (κ3) is 5.75. The maximum absolute atomic E-state index is 11.3. The lowest BCUT2D eigenvalue weighted by molar-refractivity contribution is -0.119. The monoisotopic (exact) mass is 524 g/mol. The van der Waals surface area contributed by atoms with Crippen molar-refractivity contribution in [1.29, 1.82) is 0 Å². The Balaban J connectivity index is 1.30. The van der Waals surface area contributed by atoms with Crippen molar-refractivity contribution in [3.63, 3.8) is 0 Å². The van der Waals surface area contributed by atoms with Crippen LogP contribution in [0.15, 0.2) is 42.2 Å². The third-order valence-electron chi connectivity index (χ3n) is 7.21. The summed E-state index contributed by atoms with van der Waals surface area (Å²) < 4.78 is 17.4. The number of benzene rings is 1. The van der Waals surface area contributed by atoms with Crippen molar-refractivity contribution < 1.29 is 24.1 Å². The van der Waals surface area contributed by atoms with Crippen molar-refractivity contribution in [2.24, 2.45) is 0 Å². The number of fused-ring (bicyclic) bond motifs is 1. The first-order valence-electron chi connectivity index (χ1n) is 12.8. The van der Waals surface area contributed by atoms with E-state index in [0.717, 1.165) is 36.1 Å². The van der Waals surface area contributed by atoms with Gasteiger partial charge in [0.05, 0.1) is 35.4 Å². The molecule has 1 aliphatic carbocycles. The number of halogens is 1. The van der Waals surface area contributed by atoms with Gasteiger partial charge >= 0.3 is 0 Å². The second-order valence-electron chi connectivity index (χ2n) is 10.1. The minimum atomic E-state index is -0.605. The fraction of sp³-hybridized carbons (Fsp3) is 0.448. The number of hydrogen-bond acceptors (Lipinski definition) is 6. The highest BCUT2D eigenvalue weighted by Gasteiger charge is 2.48. The van der Waals surface area contributed by atoms with E-state index in [1.807, 2.05) is 26.0 Å². The Kier molecular flexibility index (Phi) is 7.67. The molecule has 0 bridgehead atoms. The van der Waals surface area contributed by atoms with Crippen molar-refractivity contribution >= 4 is 29.2 Å². The highest BCUT2D eigenvalue weighted by molar-refractivity contribution is 6.33. The first-order valence-corrected chi connectivity index (χ1v) is 13.2. The maximum Gasteiger partial charge on any atom is 0.217 e. The summed E-state index contributed by atoms with van der Waals surface area (Å²) in [6.07, 6.45) is 5.38. The molecule has 2 aliphatic heterocycles. The van der Waals surface area contributed by atoms with Gasteiger partial charge in [-0.1, -0.05) is 41.9 Å². The number of nitrogens with zero attached hydrogens (tertiary/aromatic N) is 1. The molecule has 1 aromatic heterocycles. The van der Waals surface area contributed by atoms with Gasteiger partial charge in [-0.05, 0) is 55.9 Å². The molecule has 37 heavy (non-hydrogen) atoms. The van der Waals surface area contributed by atoms with Crippen LogP contribution in [0.3, 0.4) is 0 Å². The highest BCUT2D eigenvalue weighted by atomic mass is 35.5. The van der Waals surface area contributed by atoms with Crippen LogP contribution in [0.5, 0.6) is 0 Å². The zero-order valence-corrected chi connectivity index (χ0v) is 22.1. The average Bonchev–Trinajstić information content (AvgIpc) is 3.44. The minimum Gasteiger partial charge on any atom is -0.490 e. The van der Waals surface area contributed by atoms with Crippen LogP contribution < -0.4 is 5.32 Å². The average molecular weight is 525 g/mol. The van der Waals surface area contributed by atoms with Gasteiger partial charge in [0.15, 0.2) is 6.10 Å². The summed E-state index contributed by atoms with van der Waals surface area (Å²) in [6, 6.07) is 10.5. The van der Waals surface area contributed by atoms with Gasteiger partial charge < -0.3 is 24.6 Å². The molecule has 8 heteroatoms. The van der Waals surface area contributed by atoms with Crippen LogP contribution in [0.25, 0.3) is 22.9 Å². The molecule has 2 fully saturated rings. The van der Waals surface area contributed by atoms with Gasteiger partial charge in [-0.3, -0.25) is 4.79 Å². The lowest BCUT2D eigenvalue weighted by atomic mass is 9.90. The molecule has 196 valence electrons. The number of carbonyl (C=O) groups is 1. The van der Waals surface area contributed by atoms with E-state index in [1.54, 1.807) is 6.92 Å².